The highest BCUT2D eigenvalue weighted by Gasteiger charge is 2.23. The summed E-state index contributed by atoms with van der Waals surface area (Å²) in [7, 11) is -3.17. The van der Waals surface area contributed by atoms with E-state index in [1.54, 1.807) is 19.9 Å². The molecule has 0 fully saturated rings. The number of rotatable bonds is 4. The zero-order chi connectivity index (χ0) is 13.3. The van der Waals surface area contributed by atoms with Gasteiger partial charge in [-0.3, -0.25) is 0 Å². The number of hydrogen-bond donors (Lipinski definition) is 1. The Morgan fingerprint density at radius 2 is 1.94 bits per heavy atom. The first-order valence-electron chi connectivity index (χ1n) is 5.86. The molecule has 2 N–H and O–H groups in total. The maximum absolute atomic E-state index is 11.8. The van der Waals surface area contributed by atoms with Crippen molar-refractivity contribution in [3.63, 3.8) is 0 Å². The van der Waals surface area contributed by atoms with Crippen LogP contribution >= 0.6 is 0 Å². The number of para-hydroxylation sites is 1. The van der Waals surface area contributed by atoms with Gasteiger partial charge >= 0.3 is 0 Å². The van der Waals surface area contributed by atoms with E-state index in [1.165, 1.54) is 0 Å². The molecule has 4 nitrogen and oxygen atoms in total. The average molecular weight is 267 g/mol. The van der Waals surface area contributed by atoms with E-state index in [0.29, 0.717) is 5.76 Å². The number of benzene rings is 1. The van der Waals surface area contributed by atoms with Gasteiger partial charge in [-0.1, -0.05) is 18.2 Å². The molecule has 0 aliphatic rings. The molecule has 2 aromatic rings. The molecule has 0 saturated carbocycles. The second kappa shape index (κ2) is 4.74. The van der Waals surface area contributed by atoms with E-state index in [9.17, 15) is 8.42 Å². The Morgan fingerprint density at radius 3 is 2.56 bits per heavy atom. The third-order valence-electron chi connectivity index (χ3n) is 2.94. The van der Waals surface area contributed by atoms with Gasteiger partial charge in [-0.05, 0) is 26.0 Å². The van der Waals surface area contributed by atoms with Gasteiger partial charge in [-0.2, -0.15) is 0 Å². The molecule has 0 amide bonds. The second-order valence-corrected chi connectivity index (χ2v) is 7.27. The highest BCUT2D eigenvalue weighted by Crippen LogP contribution is 2.24. The minimum Gasteiger partial charge on any atom is -0.459 e. The average Bonchev–Trinajstić information content (AvgIpc) is 2.71. The second-order valence-electron chi connectivity index (χ2n) is 4.67. The van der Waals surface area contributed by atoms with Crippen LogP contribution in [0, 0.1) is 0 Å². The molecular formula is C13H17NO3S. The largest absolute Gasteiger partial charge is 0.459 e. The molecule has 18 heavy (non-hydrogen) atoms. The van der Waals surface area contributed by atoms with Crippen LogP contribution in [-0.2, 0) is 9.84 Å². The molecule has 0 spiro atoms. The summed E-state index contributed by atoms with van der Waals surface area (Å²) in [6.45, 7) is 3.31. The van der Waals surface area contributed by atoms with Crippen molar-refractivity contribution >= 4 is 20.8 Å². The number of fused-ring (bicyclic) bond motifs is 1. The summed E-state index contributed by atoms with van der Waals surface area (Å²) >= 11 is 0. The van der Waals surface area contributed by atoms with Gasteiger partial charge in [0.25, 0.3) is 0 Å². The van der Waals surface area contributed by atoms with Crippen LogP contribution in [0.4, 0.5) is 0 Å². The summed E-state index contributed by atoms with van der Waals surface area (Å²) in [5, 5.41) is 0.512. The predicted molar refractivity (Wildman–Crippen MR) is 72.1 cm³/mol. The Labute approximate surface area is 107 Å². The highest BCUT2D eigenvalue weighted by molar-refractivity contribution is 7.92. The first-order chi connectivity index (χ1) is 8.40. The maximum Gasteiger partial charge on any atom is 0.154 e. The first-order valence-corrected chi connectivity index (χ1v) is 7.57. The number of sulfone groups is 1. The smallest absolute Gasteiger partial charge is 0.154 e. The Morgan fingerprint density at radius 1 is 1.28 bits per heavy atom. The minimum absolute atomic E-state index is 0.0928. The molecule has 0 bridgehead atoms. The van der Waals surface area contributed by atoms with E-state index in [-0.39, 0.29) is 5.75 Å². The molecule has 0 saturated heterocycles. The molecule has 0 aliphatic carbocycles. The SMILES string of the molecule is CC(C)S(=O)(=O)CC(N)c1cc2ccccc2o1. The molecule has 98 valence electrons. The molecule has 1 heterocycles. The third kappa shape index (κ3) is 2.57. The summed E-state index contributed by atoms with van der Waals surface area (Å²) < 4.78 is 29.2. The maximum atomic E-state index is 11.8. The lowest BCUT2D eigenvalue weighted by Gasteiger charge is -2.11. The number of hydrogen-bond acceptors (Lipinski definition) is 4. The van der Waals surface area contributed by atoms with Crippen molar-refractivity contribution in [1.82, 2.24) is 0 Å². The van der Waals surface area contributed by atoms with E-state index in [1.807, 2.05) is 24.3 Å². The molecule has 0 radical (unpaired) electrons. The van der Waals surface area contributed by atoms with E-state index < -0.39 is 21.1 Å². The van der Waals surface area contributed by atoms with Crippen LogP contribution < -0.4 is 5.73 Å². The van der Waals surface area contributed by atoms with Gasteiger partial charge in [-0.15, -0.1) is 0 Å². The van der Waals surface area contributed by atoms with Crippen molar-refractivity contribution in [1.29, 1.82) is 0 Å². The Balaban J connectivity index is 2.26. The fraction of sp³-hybridized carbons (Fsp3) is 0.385. The molecule has 5 heteroatoms. The van der Waals surface area contributed by atoms with Gasteiger partial charge in [0, 0.05) is 5.39 Å². The lowest BCUT2D eigenvalue weighted by molar-refractivity contribution is 0.506. The lowest BCUT2D eigenvalue weighted by Crippen LogP contribution is -2.26. The molecule has 1 aromatic heterocycles. The topological polar surface area (TPSA) is 73.3 Å². The van der Waals surface area contributed by atoms with Crippen LogP contribution in [0.25, 0.3) is 11.0 Å². The summed E-state index contributed by atoms with van der Waals surface area (Å²) in [5.41, 5.74) is 6.64. The van der Waals surface area contributed by atoms with Gasteiger partial charge < -0.3 is 10.2 Å². The van der Waals surface area contributed by atoms with Gasteiger partial charge in [-0.25, -0.2) is 8.42 Å². The fourth-order valence-electron chi connectivity index (χ4n) is 1.71. The van der Waals surface area contributed by atoms with Crippen LogP contribution in [0.2, 0.25) is 0 Å². The lowest BCUT2D eigenvalue weighted by atomic mass is 10.2. The van der Waals surface area contributed by atoms with Gasteiger partial charge in [0.05, 0.1) is 17.0 Å². The molecule has 1 unspecified atom stereocenters. The fourth-order valence-corrected chi connectivity index (χ4v) is 2.76. The standard InChI is InChI=1S/C13H17NO3S/c1-9(2)18(15,16)8-11(14)13-7-10-5-3-4-6-12(10)17-13/h3-7,9,11H,8,14H2,1-2H3. The van der Waals surface area contributed by atoms with E-state index in [4.69, 9.17) is 10.2 Å². The van der Waals surface area contributed by atoms with Crippen LogP contribution in [-0.4, -0.2) is 19.4 Å². The van der Waals surface area contributed by atoms with Crippen molar-refractivity contribution in [3.8, 4) is 0 Å². The van der Waals surface area contributed by atoms with Crippen LogP contribution in [0.5, 0.6) is 0 Å². The highest BCUT2D eigenvalue weighted by atomic mass is 32.2. The van der Waals surface area contributed by atoms with Crippen molar-refractivity contribution in [2.45, 2.75) is 25.1 Å². The molecular weight excluding hydrogens is 250 g/mol. The number of nitrogens with two attached hydrogens (primary N) is 1. The summed E-state index contributed by atoms with van der Waals surface area (Å²) in [4.78, 5) is 0. The first kappa shape index (κ1) is 13.1. The van der Waals surface area contributed by atoms with Crippen molar-refractivity contribution in [2.24, 2.45) is 5.73 Å². The number of furan rings is 1. The quantitative estimate of drug-likeness (QED) is 0.922. The zero-order valence-corrected chi connectivity index (χ0v) is 11.3. The van der Waals surface area contributed by atoms with Crippen molar-refractivity contribution in [3.05, 3.63) is 36.1 Å². The Bertz CT molecular complexity index is 610. The summed E-state index contributed by atoms with van der Waals surface area (Å²) in [5.74, 6) is 0.422. The van der Waals surface area contributed by atoms with E-state index in [0.717, 1.165) is 11.0 Å². The molecule has 1 aromatic carbocycles. The van der Waals surface area contributed by atoms with Gasteiger partial charge in [0.2, 0.25) is 0 Å². The Hall–Kier alpha value is -1.33. The summed E-state index contributed by atoms with van der Waals surface area (Å²) in [6, 6.07) is 8.69. The van der Waals surface area contributed by atoms with E-state index in [2.05, 4.69) is 0 Å². The Kier molecular flexibility index (Phi) is 3.45. The molecule has 0 aliphatic heterocycles. The normalized spacial score (nSPS) is 14.2. The monoisotopic (exact) mass is 267 g/mol. The zero-order valence-electron chi connectivity index (χ0n) is 10.5. The van der Waals surface area contributed by atoms with Crippen LogP contribution in [0.3, 0.4) is 0 Å². The van der Waals surface area contributed by atoms with Gasteiger partial charge in [0.15, 0.2) is 9.84 Å². The predicted octanol–water partition coefficient (Wildman–Crippen LogP) is 2.26. The van der Waals surface area contributed by atoms with Gasteiger partial charge in [0.1, 0.15) is 11.3 Å². The van der Waals surface area contributed by atoms with Crippen LogP contribution in [0.15, 0.2) is 34.7 Å². The molecule has 2 rings (SSSR count). The summed E-state index contributed by atoms with van der Waals surface area (Å²) in [6.07, 6.45) is 0. The third-order valence-corrected chi connectivity index (χ3v) is 5.20. The minimum atomic E-state index is -3.17. The molecule has 1 atom stereocenters. The van der Waals surface area contributed by atoms with Crippen LogP contribution in [0.1, 0.15) is 25.6 Å². The van der Waals surface area contributed by atoms with E-state index >= 15 is 0 Å². The van der Waals surface area contributed by atoms with Crippen molar-refractivity contribution < 1.29 is 12.8 Å². The van der Waals surface area contributed by atoms with Crippen molar-refractivity contribution in [2.75, 3.05) is 5.75 Å².